The van der Waals surface area contributed by atoms with Gasteiger partial charge in [0.05, 0.1) is 30.9 Å². The minimum atomic E-state index is -0.478. The van der Waals surface area contributed by atoms with Crippen molar-refractivity contribution in [1.29, 1.82) is 5.26 Å². The van der Waals surface area contributed by atoms with E-state index in [1.165, 1.54) is 0 Å². The lowest BCUT2D eigenvalue weighted by atomic mass is 9.96. The lowest BCUT2D eigenvalue weighted by molar-refractivity contribution is 0.0794. The molecule has 1 aliphatic rings. The molecule has 0 N–H and O–H groups in total. The summed E-state index contributed by atoms with van der Waals surface area (Å²) in [5, 5.41) is 14.1. The monoisotopic (exact) mass is 360 g/mol. The summed E-state index contributed by atoms with van der Waals surface area (Å²) in [6.45, 7) is 4.07. The summed E-state index contributed by atoms with van der Waals surface area (Å²) >= 11 is 0. The molecule has 0 atom stereocenters. The van der Waals surface area contributed by atoms with Crippen molar-refractivity contribution in [1.82, 2.24) is 14.7 Å². The van der Waals surface area contributed by atoms with Crippen LogP contribution >= 0.6 is 0 Å². The molecule has 0 bridgehead atoms. The van der Waals surface area contributed by atoms with E-state index in [0.717, 1.165) is 27.6 Å². The molecule has 1 aliphatic heterocycles. The fraction of sp³-hybridized carbons (Fsp3) is 0.190. The van der Waals surface area contributed by atoms with Crippen molar-refractivity contribution in [2.45, 2.75) is 13.1 Å². The number of nitriles is 1. The zero-order chi connectivity index (χ0) is 19.0. The second-order valence-corrected chi connectivity index (χ2v) is 6.54. The predicted octanol–water partition coefficient (Wildman–Crippen LogP) is 3.71. The van der Waals surface area contributed by atoms with Crippen LogP contribution < -0.4 is 0 Å². The zero-order valence-electron chi connectivity index (χ0n) is 14.7. The Balaban J connectivity index is 1.76. The van der Waals surface area contributed by atoms with Crippen molar-refractivity contribution in [3.8, 4) is 17.2 Å². The number of hydrogen-bond donors (Lipinski definition) is 0. The molecular formula is C21H17FN4O. The largest absolute Gasteiger partial charge is 0.329 e. The highest BCUT2D eigenvalue weighted by Crippen LogP contribution is 2.34. The standard InChI is InChI=1S/C21H17FN4O/c1-14(10-23)12-25-13-19-17(3-2-4-18(19)21(25)27)15-5-6-16-11-24-26(8-7-22)20(16)9-15/h2-6,9,11H,1,7-8,12-13H2. The summed E-state index contributed by atoms with van der Waals surface area (Å²) in [5.41, 5.74) is 4.71. The summed E-state index contributed by atoms with van der Waals surface area (Å²) in [7, 11) is 0. The Morgan fingerprint density at radius 3 is 2.89 bits per heavy atom. The second-order valence-electron chi connectivity index (χ2n) is 6.54. The zero-order valence-corrected chi connectivity index (χ0v) is 14.7. The van der Waals surface area contributed by atoms with Crippen molar-refractivity contribution in [2.75, 3.05) is 13.2 Å². The third-order valence-corrected chi connectivity index (χ3v) is 4.83. The Kier molecular flexibility index (Phi) is 4.21. The molecule has 0 aliphatic carbocycles. The first kappa shape index (κ1) is 17.0. The van der Waals surface area contributed by atoms with E-state index in [1.807, 2.05) is 42.5 Å². The third kappa shape index (κ3) is 2.87. The van der Waals surface area contributed by atoms with Gasteiger partial charge in [-0.2, -0.15) is 10.4 Å². The van der Waals surface area contributed by atoms with Crippen LogP contribution in [0.15, 0.2) is 54.7 Å². The van der Waals surface area contributed by atoms with E-state index in [0.29, 0.717) is 17.7 Å². The first-order valence-corrected chi connectivity index (χ1v) is 8.63. The number of alkyl halides is 1. The van der Waals surface area contributed by atoms with Gasteiger partial charge in [-0.15, -0.1) is 0 Å². The number of rotatable bonds is 5. The van der Waals surface area contributed by atoms with Gasteiger partial charge in [0.2, 0.25) is 0 Å². The van der Waals surface area contributed by atoms with Crippen molar-refractivity contribution in [2.24, 2.45) is 0 Å². The number of carbonyl (C=O) groups excluding carboxylic acids is 1. The van der Waals surface area contributed by atoms with Crippen LogP contribution in [0.1, 0.15) is 15.9 Å². The average Bonchev–Trinajstić information content (AvgIpc) is 3.23. The minimum absolute atomic E-state index is 0.0909. The highest BCUT2D eigenvalue weighted by molar-refractivity contribution is 6.01. The van der Waals surface area contributed by atoms with E-state index >= 15 is 0 Å². The van der Waals surface area contributed by atoms with Crippen LogP contribution in [0.25, 0.3) is 22.0 Å². The number of amides is 1. The maximum Gasteiger partial charge on any atom is 0.254 e. The van der Waals surface area contributed by atoms with E-state index in [9.17, 15) is 9.18 Å². The molecular weight excluding hydrogens is 343 g/mol. The van der Waals surface area contributed by atoms with E-state index in [-0.39, 0.29) is 19.0 Å². The Bertz CT molecular complexity index is 1110. The molecule has 5 nitrogen and oxygen atoms in total. The Hall–Kier alpha value is -3.46. The Morgan fingerprint density at radius 1 is 1.30 bits per heavy atom. The van der Waals surface area contributed by atoms with Gasteiger partial charge >= 0.3 is 0 Å². The fourth-order valence-corrected chi connectivity index (χ4v) is 3.55. The number of aryl methyl sites for hydroxylation is 1. The quantitative estimate of drug-likeness (QED) is 0.652. The van der Waals surface area contributed by atoms with Gasteiger partial charge in [0.25, 0.3) is 5.91 Å². The van der Waals surface area contributed by atoms with Crippen LogP contribution in [0, 0.1) is 11.3 Å². The van der Waals surface area contributed by atoms with Crippen LogP contribution in [0.2, 0.25) is 0 Å². The van der Waals surface area contributed by atoms with E-state index < -0.39 is 6.67 Å². The maximum atomic E-state index is 12.8. The van der Waals surface area contributed by atoms with Gasteiger partial charge < -0.3 is 4.90 Å². The van der Waals surface area contributed by atoms with Crippen LogP contribution in [0.3, 0.4) is 0 Å². The van der Waals surface area contributed by atoms with Gasteiger partial charge in [-0.3, -0.25) is 9.48 Å². The topological polar surface area (TPSA) is 61.9 Å². The van der Waals surface area contributed by atoms with Crippen molar-refractivity contribution in [3.63, 3.8) is 0 Å². The molecule has 134 valence electrons. The molecule has 0 saturated heterocycles. The number of fused-ring (bicyclic) bond motifs is 2. The van der Waals surface area contributed by atoms with Crippen LogP contribution in [-0.4, -0.2) is 33.8 Å². The summed E-state index contributed by atoms with van der Waals surface area (Å²) in [6.07, 6.45) is 1.73. The third-order valence-electron chi connectivity index (χ3n) is 4.83. The molecule has 1 aromatic heterocycles. The molecule has 0 unspecified atom stereocenters. The average molecular weight is 360 g/mol. The molecule has 0 radical (unpaired) electrons. The number of carbonyl (C=O) groups is 1. The van der Waals surface area contributed by atoms with Crippen LogP contribution in [0.4, 0.5) is 4.39 Å². The molecule has 3 aromatic rings. The summed E-state index contributed by atoms with van der Waals surface area (Å²) in [6, 6.07) is 13.6. The van der Waals surface area contributed by atoms with Gasteiger partial charge in [-0.1, -0.05) is 30.8 Å². The highest BCUT2D eigenvalue weighted by atomic mass is 19.1. The van der Waals surface area contributed by atoms with Gasteiger partial charge in [-0.25, -0.2) is 4.39 Å². The van der Waals surface area contributed by atoms with E-state index in [1.54, 1.807) is 15.8 Å². The maximum absolute atomic E-state index is 12.8. The molecule has 6 heteroatoms. The lowest BCUT2D eigenvalue weighted by Gasteiger charge is -2.14. The van der Waals surface area contributed by atoms with Crippen molar-refractivity contribution in [3.05, 3.63) is 65.9 Å². The molecule has 27 heavy (non-hydrogen) atoms. The second kappa shape index (κ2) is 6.69. The number of aromatic nitrogens is 2. The first-order valence-electron chi connectivity index (χ1n) is 8.63. The molecule has 4 rings (SSSR count). The summed E-state index contributed by atoms with van der Waals surface area (Å²) in [5.74, 6) is -0.0909. The highest BCUT2D eigenvalue weighted by Gasteiger charge is 2.29. The van der Waals surface area contributed by atoms with Gasteiger partial charge in [-0.05, 0) is 28.8 Å². The lowest BCUT2D eigenvalue weighted by Crippen LogP contribution is -2.25. The van der Waals surface area contributed by atoms with Crippen molar-refractivity contribution >= 4 is 16.8 Å². The molecule has 2 aromatic carbocycles. The van der Waals surface area contributed by atoms with Crippen LogP contribution in [0.5, 0.6) is 0 Å². The fourth-order valence-electron chi connectivity index (χ4n) is 3.55. The number of hydrogen-bond acceptors (Lipinski definition) is 3. The van der Waals surface area contributed by atoms with Crippen molar-refractivity contribution < 1.29 is 9.18 Å². The first-order chi connectivity index (χ1) is 13.1. The van der Waals surface area contributed by atoms with E-state index in [2.05, 4.69) is 11.7 Å². The van der Waals surface area contributed by atoms with Crippen LogP contribution in [-0.2, 0) is 13.1 Å². The van der Waals surface area contributed by atoms with Gasteiger partial charge in [0.1, 0.15) is 6.67 Å². The SMILES string of the molecule is C=C(C#N)CN1Cc2c(cccc2-c2ccc3cnn(CCF)c3c2)C1=O. The number of halogens is 1. The smallest absolute Gasteiger partial charge is 0.254 e. The number of nitrogens with zero attached hydrogens (tertiary/aromatic N) is 4. The molecule has 1 amide bonds. The predicted molar refractivity (Wildman–Crippen MR) is 101 cm³/mol. The summed E-state index contributed by atoms with van der Waals surface area (Å²) < 4.78 is 14.4. The molecule has 2 heterocycles. The summed E-state index contributed by atoms with van der Waals surface area (Å²) in [4.78, 5) is 14.3. The van der Waals surface area contributed by atoms with Gasteiger partial charge in [0, 0.05) is 23.1 Å². The number of benzene rings is 2. The minimum Gasteiger partial charge on any atom is -0.329 e. The van der Waals surface area contributed by atoms with Gasteiger partial charge in [0.15, 0.2) is 0 Å². The Morgan fingerprint density at radius 2 is 2.11 bits per heavy atom. The normalized spacial score (nSPS) is 13.0. The molecule has 0 spiro atoms. The Labute approximate surface area is 155 Å². The van der Waals surface area contributed by atoms with E-state index in [4.69, 9.17) is 5.26 Å². The molecule has 0 fully saturated rings. The molecule has 0 saturated carbocycles.